The van der Waals surface area contributed by atoms with Crippen LogP contribution in [0.2, 0.25) is 0 Å². The summed E-state index contributed by atoms with van der Waals surface area (Å²) in [6.07, 6.45) is 10.1. The molecular formula is C26H36N6O2. The van der Waals surface area contributed by atoms with Crippen LogP contribution in [0.1, 0.15) is 50.9 Å². The highest BCUT2D eigenvalue weighted by Crippen LogP contribution is 2.32. The molecule has 2 aliphatic rings. The van der Waals surface area contributed by atoms with Crippen molar-refractivity contribution in [3.8, 4) is 22.8 Å². The van der Waals surface area contributed by atoms with Gasteiger partial charge in [-0.05, 0) is 65.1 Å². The number of ether oxygens (including phenoxy) is 2. The lowest BCUT2D eigenvalue weighted by atomic mass is 9.90. The summed E-state index contributed by atoms with van der Waals surface area (Å²) < 4.78 is 15.2. The van der Waals surface area contributed by atoms with Crippen LogP contribution in [0, 0.1) is 5.92 Å². The normalized spacial score (nSPS) is 18.6. The van der Waals surface area contributed by atoms with Crippen molar-refractivity contribution in [1.82, 2.24) is 29.4 Å². The van der Waals surface area contributed by atoms with Gasteiger partial charge in [0.25, 0.3) is 0 Å². The molecule has 5 heterocycles. The van der Waals surface area contributed by atoms with E-state index in [0.29, 0.717) is 37.1 Å². The molecule has 3 aromatic heterocycles. The fraction of sp³-hybridized carbons (Fsp3) is 0.577. The number of aromatic nitrogens is 5. The predicted molar refractivity (Wildman–Crippen MR) is 132 cm³/mol. The summed E-state index contributed by atoms with van der Waals surface area (Å²) >= 11 is 0. The third-order valence-electron chi connectivity index (χ3n) is 7.52. The standard InChI is InChI=1S/C26H36N6O2/c1-18(2)30-11-7-20(8-12-30)19(3)31-17-22(16-28-31)32-24-10-14-34-13-9-23(24)26(29-32)21-5-6-25(33-4)27-15-21/h5-6,15-20H,7-14H2,1-4H3. The van der Waals surface area contributed by atoms with Gasteiger partial charge in [0.15, 0.2) is 0 Å². The van der Waals surface area contributed by atoms with Crippen molar-refractivity contribution in [3.63, 3.8) is 0 Å². The maximum absolute atomic E-state index is 5.80. The number of piperidine rings is 1. The van der Waals surface area contributed by atoms with Crippen molar-refractivity contribution >= 4 is 0 Å². The Hall–Kier alpha value is -2.71. The van der Waals surface area contributed by atoms with E-state index in [1.54, 1.807) is 7.11 Å². The lowest BCUT2D eigenvalue weighted by Gasteiger charge is -2.37. The molecule has 1 fully saturated rings. The minimum absolute atomic E-state index is 0.367. The van der Waals surface area contributed by atoms with E-state index in [4.69, 9.17) is 19.7 Å². The first-order valence-corrected chi connectivity index (χ1v) is 12.5. The van der Waals surface area contributed by atoms with Crippen molar-refractivity contribution in [3.05, 3.63) is 42.0 Å². The van der Waals surface area contributed by atoms with Crippen molar-refractivity contribution < 1.29 is 9.47 Å². The second-order valence-corrected chi connectivity index (χ2v) is 9.77. The van der Waals surface area contributed by atoms with Gasteiger partial charge in [0.05, 0.1) is 50.1 Å². The van der Waals surface area contributed by atoms with E-state index in [9.17, 15) is 0 Å². The molecule has 2 aliphatic heterocycles. The summed E-state index contributed by atoms with van der Waals surface area (Å²) in [6, 6.07) is 4.91. The molecule has 0 aliphatic carbocycles. The van der Waals surface area contributed by atoms with E-state index in [1.807, 2.05) is 24.5 Å². The molecule has 0 radical (unpaired) electrons. The van der Waals surface area contributed by atoms with Gasteiger partial charge in [0.1, 0.15) is 5.69 Å². The fourth-order valence-electron chi connectivity index (χ4n) is 5.33. The first kappa shape index (κ1) is 23.1. The zero-order valence-electron chi connectivity index (χ0n) is 20.8. The highest BCUT2D eigenvalue weighted by molar-refractivity contribution is 5.64. The SMILES string of the molecule is COc1ccc(-c2nn(-c3cnn(C(C)C4CCN(C(C)C)CC4)c3)c3c2CCOCC3)cn1. The summed E-state index contributed by atoms with van der Waals surface area (Å²) in [4.78, 5) is 6.98. The summed E-state index contributed by atoms with van der Waals surface area (Å²) in [7, 11) is 1.63. The first-order valence-electron chi connectivity index (χ1n) is 12.5. The van der Waals surface area contributed by atoms with Crippen molar-refractivity contribution in [2.24, 2.45) is 5.92 Å². The van der Waals surface area contributed by atoms with Gasteiger partial charge in [-0.3, -0.25) is 4.68 Å². The van der Waals surface area contributed by atoms with E-state index >= 15 is 0 Å². The Morgan fingerprint density at radius 2 is 1.85 bits per heavy atom. The number of likely N-dealkylation sites (tertiary alicyclic amines) is 1. The number of hydrogen-bond donors (Lipinski definition) is 0. The molecule has 8 heteroatoms. The average molecular weight is 465 g/mol. The van der Waals surface area contributed by atoms with Crippen LogP contribution in [-0.4, -0.2) is 68.9 Å². The topological polar surface area (TPSA) is 70.2 Å². The number of rotatable bonds is 6. The Morgan fingerprint density at radius 1 is 1.06 bits per heavy atom. The van der Waals surface area contributed by atoms with Gasteiger partial charge in [-0.2, -0.15) is 10.2 Å². The molecule has 5 rings (SSSR count). The molecule has 0 aromatic carbocycles. The van der Waals surface area contributed by atoms with Gasteiger partial charge < -0.3 is 14.4 Å². The number of hydrogen-bond acceptors (Lipinski definition) is 6. The molecule has 0 saturated carbocycles. The van der Waals surface area contributed by atoms with E-state index in [0.717, 1.165) is 29.8 Å². The monoisotopic (exact) mass is 464 g/mol. The third kappa shape index (κ3) is 4.49. The Labute approximate surface area is 201 Å². The third-order valence-corrected chi connectivity index (χ3v) is 7.52. The molecule has 0 N–H and O–H groups in total. The van der Waals surface area contributed by atoms with Crippen LogP contribution in [0.15, 0.2) is 30.7 Å². The van der Waals surface area contributed by atoms with Crippen LogP contribution in [0.4, 0.5) is 0 Å². The zero-order valence-corrected chi connectivity index (χ0v) is 20.8. The van der Waals surface area contributed by atoms with Gasteiger partial charge in [0, 0.05) is 35.9 Å². The Morgan fingerprint density at radius 3 is 2.56 bits per heavy atom. The van der Waals surface area contributed by atoms with Crippen molar-refractivity contribution in [2.45, 2.75) is 58.5 Å². The largest absolute Gasteiger partial charge is 0.481 e. The molecule has 0 amide bonds. The maximum atomic E-state index is 5.80. The first-order chi connectivity index (χ1) is 16.5. The molecule has 182 valence electrons. The summed E-state index contributed by atoms with van der Waals surface area (Å²) in [5.74, 6) is 1.25. The molecule has 0 spiro atoms. The number of nitrogens with zero attached hydrogens (tertiary/aromatic N) is 6. The van der Waals surface area contributed by atoms with Crippen LogP contribution in [0.3, 0.4) is 0 Å². The molecular weight excluding hydrogens is 428 g/mol. The number of pyridine rings is 1. The van der Waals surface area contributed by atoms with E-state index in [1.165, 1.54) is 37.2 Å². The van der Waals surface area contributed by atoms with Crippen LogP contribution in [0.5, 0.6) is 5.88 Å². The van der Waals surface area contributed by atoms with Gasteiger partial charge in [-0.25, -0.2) is 9.67 Å². The second-order valence-electron chi connectivity index (χ2n) is 9.77. The fourth-order valence-corrected chi connectivity index (χ4v) is 5.33. The number of methoxy groups -OCH3 is 1. The highest BCUT2D eigenvalue weighted by atomic mass is 16.5. The second kappa shape index (κ2) is 9.88. The minimum atomic E-state index is 0.367. The van der Waals surface area contributed by atoms with E-state index < -0.39 is 0 Å². The highest BCUT2D eigenvalue weighted by Gasteiger charge is 2.27. The van der Waals surface area contributed by atoms with Crippen molar-refractivity contribution in [2.75, 3.05) is 33.4 Å². The van der Waals surface area contributed by atoms with Crippen LogP contribution in [0.25, 0.3) is 16.9 Å². The lowest BCUT2D eigenvalue weighted by molar-refractivity contribution is 0.124. The minimum Gasteiger partial charge on any atom is -0.481 e. The predicted octanol–water partition coefficient (Wildman–Crippen LogP) is 3.94. The number of fused-ring (bicyclic) bond motifs is 1. The molecule has 1 atom stereocenters. The Bertz CT molecular complexity index is 1100. The van der Waals surface area contributed by atoms with Gasteiger partial charge in [0.2, 0.25) is 5.88 Å². The summed E-state index contributed by atoms with van der Waals surface area (Å²) in [5.41, 5.74) is 5.43. The Kier molecular flexibility index (Phi) is 6.70. The van der Waals surface area contributed by atoms with Gasteiger partial charge in [-0.15, -0.1) is 0 Å². The zero-order chi connectivity index (χ0) is 23.7. The molecule has 34 heavy (non-hydrogen) atoms. The van der Waals surface area contributed by atoms with Gasteiger partial charge in [-0.1, -0.05) is 0 Å². The average Bonchev–Trinajstić information content (AvgIpc) is 3.41. The van der Waals surface area contributed by atoms with Gasteiger partial charge >= 0.3 is 0 Å². The molecule has 0 bridgehead atoms. The van der Waals surface area contributed by atoms with E-state index in [-0.39, 0.29) is 0 Å². The van der Waals surface area contributed by atoms with Crippen LogP contribution >= 0.6 is 0 Å². The van der Waals surface area contributed by atoms with E-state index in [2.05, 4.69) is 46.2 Å². The molecule has 1 unspecified atom stereocenters. The summed E-state index contributed by atoms with van der Waals surface area (Å²) in [6.45, 7) is 10.6. The van der Waals surface area contributed by atoms with Crippen molar-refractivity contribution in [1.29, 1.82) is 0 Å². The smallest absolute Gasteiger partial charge is 0.212 e. The quantitative estimate of drug-likeness (QED) is 0.550. The Balaban J connectivity index is 1.42. The van der Waals surface area contributed by atoms with Crippen LogP contribution < -0.4 is 4.74 Å². The molecule has 8 nitrogen and oxygen atoms in total. The molecule has 1 saturated heterocycles. The van der Waals surface area contributed by atoms with Crippen LogP contribution in [-0.2, 0) is 17.6 Å². The maximum Gasteiger partial charge on any atom is 0.212 e. The summed E-state index contributed by atoms with van der Waals surface area (Å²) in [5, 5.41) is 9.85. The lowest BCUT2D eigenvalue weighted by Crippen LogP contribution is -2.40. The molecule has 3 aromatic rings.